The van der Waals surface area contributed by atoms with Crippen LogP contribution in [0.1, 0.15) is 17.0 Å². The average Bonchev–Trinajstić information content (AvgIpc) is 2.46. The summed E-state index contributed by atoms with van der Waals surface area (Å²) in [5.41, 5.74) is 5.43. The minimum absolute atomic E-state index is 0.722. The highest BCUT2D eigenvalue weighted by atomic mass is 14.9. The van der Waals surface area contributed by atoms with Gasteiger partial charge >= 0.3 is 0 Å². The van der Waals surface area contributed by atoms with Crippen LogP contribution >= 0.6 is 0 Å². The molecule has 0 saturated carbocycles. The Morgan fingerprint density at radius 3 is 2.75 bits per heavy atom. The van der Waals surface area contributed by atoms with Gasteiger partial charge in [-0.05, 0) is 37.6 Å². The van der Waals surface area contributed by atoms with E-state index < -0.39 is 0 Å². The maximum absolute atomic E-state index is 4.55. The van der Waals surface area contributed by atoms with Crippen LogP contribution < -0.4 is 5.32 Å². The van der Waals surface area contributed by atoms with Crippen LogP contribution in [0.2, 0.25) is 0 Å². The molecule has 0 aliphatic carbocycles. The number of fused-ring (bicyclic) bond motifs is 1. The van der Waals surface area contributed by atoms with Crippen molar-refractivity contribution in [2.75, 3.05) is 5.32 Å². The molecular formula is C17H17N3. The molecule has 3 rings (SSSR count). The van der Waals surface area contributed by atoms with E-state index in [0.717, 1.165) is 34.5 Å². The van der Waals surface area contributed by atoms with Crippen molar-refractivity contribution in [3.05, 3.63) is 65.6 Å². The Balaban J connectivity index is 1.93. The second kappa shape index (κ2) is 5.29. The lowest BCUT2D eigenvalue weighted by Gasteiger charge is -2.11. The van der Waals surface area contributed by atoms with Gasteiger partial charge in [0.1, 0.15) is 0 Å². The topological polar surface area (TPSA) is 37.8 Å². The molecule has 20 heavy (non-hydrogen) atoms. The zero-order valence-electron chi connectivity index (χ0n) is 11.7. The normalized spacial score (nSPS) is 10.7. The smallest absolute Gasteiger partial charge is 0.0725 e. The first-order valence-electron chi connectivity index (χ1n) is 6.75. The molecule has 0 unspecified atom stereocenters. The van der Waals surface area contributed by atoms with E-state index in [0.29, 0.717) is 0 Å². The maximum atomic E-state index is 4.55. The van der Waals surface area contributed by atoms with Crippen LogP contribution in [-0.4, -0.2) is 9.97 Å². The molecule has 0 bridgehead atoms. The van der Waals surface area contributed by atoms with Crippen LogP contribution in [0.3, 0.4) is 0 Å². The molecule has 0 aliphatic rings. The first kappa shape index (κ1) is 12.6. The van der Waals surface area contributed by atoms with Gasteiger partial charge in [0.15, 0.2) is 0 Å². The molecule has 0 atom stereocenters. The molecule has 2 heterocycles. The van der Waals surface area contributed by atoms with Crippen LogP contribution in [0, 0.1) is 13.8 Å². The number of hydrogen-bond acceptors (Lipinski definition) is 3. The molecule has 0 aliphatic heterocycles. The molecule has 2 aromatic heterocycles. The number of pyridine rings is 2. The molecule has 0 spiro atoms. The van der Waals surface area contributed by atoms with Gasteiger partial charge in [0.25, 0.3) is 0 Å². The van der Waals surface area contributed by atoms with Crippen molar-refractivity contribution in [3.8, 4) is 0 Å². The van der Waals surface area contributed by atoms with E-state index in [1.165, 1.54) is 5.56 Å². The molecule has 0 saturated heterocycles. The predicted octanol–water partition coefficient (Wildman–Crippen LogP) is 3.86. The van der Waals surface area contributed by atoms with Crippen LogP contribution in [0.25, 0.3) is 10.9 Å². The standard InChI is InChI=1S/C17H17N3/c1-12-6-5-9-18-17(12)11-19-16-10-13(2)20-15-8-4-3-7-14(15)16/h3-10H,11H2,1-2H3,(H,19,20). The number of benzene rings is 1. The summed E-state index contributed by atoms with van der Waals surface area (Å²) < 4.78 is 0. The van der Waals surface area contributed by atoms with Crippen LogP contribution in [0.4, 0.5) is 5.69 Å². The number of aryl methyl sites for hydroxylation is 2. The molecule has 0 fully saturated rings. The van der Waals surface area contributed by atoms with E-state index in [1.54, 1.807) is 0 Å². The molecular weight excluding hydrogens is 246 g/mol. The van der Waals surface area contributed by atoms with Crippen molar-refractivity contribution in [2.24, 2.45) is 0 Å². The summed E-state index contributed by atoms with van der Waals surface area (Å²) in [6.45, 7) is 4.82. The zero-order valence-corrected chi connectivity index (χ0v) is 11.7. The lowest BCUT2D eigenvalue weighted by atomic mass is 10.1. The predicted molar refractivity (Wildman–Crippen MR) is 82.8 cm³/mol. The lowest BCUT2D eigenvalue weighted by Crippen LogP contribution is -2.04. The fourth-order valence-corrected chi connectivity index (χ4v) is 2.34. The monoisotopic (exact) mass is 263 g/mol. The van der Waals surface area contributed by atoms with Crippen molar-refractivity contribution in [2.45, 2.75) is 20.4 Å². The van der Waals surface area contributed by atoms with E-state index in [2.05, 4.69) is 40.4 Å². The highest BCUT2D eigenvalue weighted by Crippen LogP contribution is 2.23. The summed E-state index contributed by atoms with van der Waals surface area (Å²) in [6.07, 6.45) is 1.83. The Hall–Kier alpha value is -2.42. The number of nitrogens with one attached hydrogen (secondary N) is 1. The molecule has 100 valence electrons. The summed E-state index contributed by atoms with van der Waals surface area (Å²) >= 11 is 0. The number of hydrogen-bond donors (Lipinski definition) is 1. The second-order valence-electron chi connectivity index (χ2n) is 4.95. The third-order valence-electron chi connectivity index (χ3n) is 3.41. The van der Waals surface area contributed by atoms with Crippen molar-refractivity contribution < 1.29 is 0 Å². The van der Waals surface area contributed by atoms with Gasteiger partial charge < -0.3 is 5.32 Å². The molecule has 3 heteroatoms. The van der Waals surface area contributed by atoms with Crippen molar-refractivity contribution >= 4 is 16.6 Å². The van der Waals surface area contributed by atoms with Gasteiger partial charge in [-0.25, -0.2) is 0 Å². The van der Waals surface area contributed by atoms with Gasteiger partial charge in [-0.2, -0.15) is 0 Å². The first-order valence-corrected chi connectivity index (χ1v) is 6.75. The Kier molecular flexibility index (Phi) is 3.33. The van der Waals surface area contributed by atoms with Crippen LogP contribution in [0.5, 0.6) is 0 Å². The van der Waals surface area contributed by atoms with E-state index in [9.17, 15) is 0 Å². The Morgan fingerprint density at radius 2 is 1.90 bits per heavy atom. The quantitative estimate of drug-likeness (QED) is 0.779. The van der Waals surface area contributed by atoms with Gasteiger partial charge in [0.05, 0.1) is 17.8 Å². The zero-order chi connectivity index (χ0) is 13.9. The number of anilines is 1. The number of para-hydroxylation sites is 1. The maximum Gasteiger partial charge on any atom is 0.0725 e. The average molecular weight is 263 g/mol. The fourth-order valence-electron chi connectivity index (χ4n) is 2.34. The van der Waals surface area contributed by atoms with E-state index in [1.807, 2.05) is 37.4 Å². The molecule has 0 radical (unpaired) electrons. The largest absolute Gasteiger partial charge is 0.379 e. The Bertz CT molecular complexity index is 750. The minimum Gasteiger partial charge on any atom is -0.379 e. The van der Waals surface area contributed by atoms with Gasteiger partial charge in [-0.15, -0.1) is 0 Å². The summed E-state index contributed by atoms with van der Waals surface area (Å²) in [4.78, 5) is 8.97. The summed E-state index contributed by atoms with van der Waals surface area (Å²) in [7, 11) is 0. The minimum atomic E-state index is 0.722. The van der Waals surface area contributed by atoms with E-state index in [4.69, 9.17) is 0 Å². The number of rotatable bonds is 3. The molecule has 1 N–H and O–H groups in total. The highest BCUT2D eigenvalue weighted by Gasteiger charge is 2.04. The van der Waals surface area contributed by atoms with Crippen molar-refractivity contribution in [1.29, 1.82) is 0 Å². The third-order valence-corrected chi connectivity index (χ3v) is 3.41. The van der Waals surface area contributed by atoms with Gasteiger partial charge in [-0.3, -0.25) is 9.97 Å². The molecule has 1 aromatic carbocycles. The van der Waals surface area contributed by atoms with Crippen LogP contribution in [0.15, 0.2) is 48.7 Å². The number of nitrogens with zero attached hydrogens (tertiary/aromatic N) is 2. The van der Waals surface area contributed by atoms with Gasteiger partial charge in [0, 0.05) is 23.0 Å². The Labute approximate surface area is 118 Å². The summed E-state index contributed by atoms with van der Waals surface area (Å²) in [5, 5.41) is 4.63. The summed E-state index contributed by atoms with van der Waals surface area (Å²) in [5.74, 6) is 0. The SMILES string of the molecule is Cc1cc(NCc2ncccc2C)c2ccccc2n1. The van der Waals surface area contributed by atoms with Crippen molar-refractivity contribution in [1.82, 2.24) is 9.97 Å². The highest BCUT2D eigenvalue weighted by molar-refractivity contribution is 5.91. The van der Waals surface area contributed by atoms with Gasteiger partial charge in [-0.1, -0.05) is 24.3 Å². The second-order valence-corrected chi connectivity index (χ2v) is 4.95. The van der Waals surface area contributed by atoms with Crippen molar-refractivity contribution in [3.63, 3.8) is 0 Å². The Morgan fingerprint density at radius 1 is 1.05 bits per heavy atom. The molecule has 3 nitrogen and oxygen atoms in total. The summed E-state index contributed by atoms with van der Waals surface area (Å²) in [6, 6.07) is 14.3. The van der Waals surface area contributed by atoms with E-state index >= 15 is 0 Å². The molecule has 0 amide bonds. The molecule has 3 aromatic rings. The van der Waals surface area contributed by atoms with E-state index in [-0.39, 0.29) is 0 Å². The fraction of sp³-hybridized carbons (Fsp3) is 0.176. The van der Waals surface area contributed by atoms with Gasteiger partial charge in [0.2, 0.25) is 0 Å². The van der Waals surface area contributed by atoms with Crippen LogP contribution in [-0.2, 0) is 6.54 Å². The lowest BCUT2D eigenvalue weighted by molar-refractivity contribution is 1.02. The first-order chi connectivity index (χ1) is 9.74. The third kappa shape index (κ3) is 2.48. The number of aromatic nitrogens is 2.